The van der Waals surface area contributed by atoms with Crippen molar-refractivity contribution in [1.82, 2.24) is 10.2 Å². The fourth-order valence-electron chi connectivity index (χ4n) is 1.97. The molecule has 1 aliphatic heterocycles. The van der Waals surface area contributed by atoms with Crippen LogP contribution in [-0.2, 0) is 4.74 Å². The lowest BCUT2D eigenvalue weighted by Crippen LogP contribution is -2.51. The van der Waals surface area contributed by atoms with Crippen LogP contribution in [0.1, 0.15) is 20.8 Å². The fraction of sp³-hybridized carbons (Fsp3) is 1.00. The monoisotopic (exact) mass is 200 g/mol. The largest absolute Gasteiger partial charge is 0.380 e. The van der Waals surface area contributed by atoms with E-state index in [0.29, 0.717) is 12.0 Å². The quantitative estimate of drug-likeness (QED) is 0.715. The second-order valence-electron chi connectivity index (χ2n) is 4.26. The SMILES string of the molecule is CCOCC(C(C)C)N1CCNCC1. The van der Waals surface area contributed by atoms with Crippen LogP contribution in [-0.4, -0.2) is 50.3 Å². The lowest BCUT2D eigenvalue weighted by Gasteiger charge is -2.37. The zero-order valence-corrected chi connectivity index (χ0v) is 9.75. The van der Waals surface area contributed by atoms with Gasteiger partial charge in [-0.05, 0) is 12.8 Å². The number of ether oxygens (including phenoxy) is 1. The van der Waals surface area contributed by atoms with Crippen LogP contribution in [0.25, 0.3) is 0 Å². The van der Waals surface area contributed by atoms with Crippen LogP contribution in [0.5, 0.6) is 0 Å². The summed E-state index contributed by atoms with van der Waals surface area (Å²) >= 11 is 0. The van der Waals surface area contributed by atoms with Gasteiger partial charge in [-0.1, -0.05) is 13.8 Å². The fourth-order valence-corrected chi connectivity index (χ4v) is 1.97. The van der Waals surface area contributed by atoms with Crippen molar-refractivity contribution in [2.24, 2.45) is 5.92 Å². The highest BCUT2D eigenvalue weighted by Crippen LogP contribution is 2.12. The van der Waals surface area contributed by atoms with Crippen molar-refractivity contribution in [2.45, 2.75) is 26.8 Å². The van der Waals surface area contributed by atoms with Crippen LogP contribution in [0.4, 0.5) is 0 Å². The molecule has 1 heterocycles. The van der Waals surface area contributed by atoms with Crippen molar-refractivity contribution in [2.75, 3.05) is 39.4 Å². The molecule has 0 radical (unpaired) electrons. The molecule has 1 fully saturated rings. The Hall–Kier alpha value is -0.120. The van der Waals surface area contributed by atoms with E-state index < -0.39 is 0 Å². The van der Waals surface area contributed by atoms with Gasteiger partial charge in [0.15, 0.2) is 0 Å². The third-order valence-electron chi connectivity index (χ3n) is 2.88. The Kier molecular flexibility index (Phi) is 5.45. The molecule has 0 amide bonds. The average molecular weight is 200 g/mol. The van der Waals surface area contributed by atoms with Crippen molar-refractivity contribution >= 4 is 0 Å². The number of hydrogen-bond donors (Lipinski definition) is 1. The minimum atomic E-state index is 0.594. The molecule has 1 atom stereocenters. The first-order valence-corrected chi connectivity index (χ1v) is 5.78. The summed E-state index contributed by atoms with van der Waals surface area (Å²) in [5, 5.41) is 3.38. The van der Waals surface area contributed by atoms with Crippen molar-refractivity contribution in [1.29, 1.82) is 0 Å². The molecule has 3 nitrogen and oxygen atoms in total. The van der Waals surface area contributed by atoms with E-state index in [1.807, 2.05) is 0 Å². The Morgan fingerprint density at radius 1 is 1.29 bits per heavy atom. The highest BCUT2D eigenvalue weighted by atomic mass is 16.5. The maximum absolute atomic E-state index is 5.55. The molecule has 84 valence electrons. The Morgan fingerprint density at radius 3 is 2.43 bits per heavy atom. The Labute approximate surface area is 87.8 Å². The lowest BCUT2D eigenvalue weighted by atomic mass is 10.0. The Balaban J connectivity index is 2.39. The van der Waals surface area contributed by atoms with Gasteiger partial charge in [0.1, 0.15) is 0 Å². The van der Waals surface area contributed by atoms with E-state index >= 15 is 0 Å². The van der Waals surface area contributed by atoms with E-state index in [1.165, 1.54) is 0 Å². The summed E-state index contributed by atoms with van der Waals surface area (Å²) in [6.07, 6.45) is 0. The average Bonchev–Trinajstić information content (AvgIpc) is 2.19. The normalized spacial score (nSPS) is 21.4. The van der Waals surface area contributed by atoms with E-state index in [4.69, 9.17) is 4.74 Å². The first-order valence-electron chi connectivity index (χ1n) is 5.78. The highest BCUT2D eigenvalue weighted by molar-refractivity contribution is 4.78. The molecular weight excluding hydrogens is 176 g/mol. The van der Waals surface area contributed by atoms with Gasteiger partial charge in [-0.15, -0.1) is 0 Å². The van der Waals surface area contributed by atoms with Gasteiger partial charge in [0, 0.05) is 38.8 Å². The molecule has 1 unspecified atom stereocenters. The summed E-state index contributed by atoms with van der Waals surface area (Å²) in [6.45, 7) is 12.9. The molecule has 0 aromatic rings. The molecule has 0 aromatic carbocycles. The summed E-state index contributed by atoms with van der Waals surface area (Å²) in [6, 6.07) is 0.594. The number of nitrogens with one attached hydrogen (secondary N) is 1. The molecule has 0 aliphatic carbocycles. The predicted molar refractivity (Wildman–Crippen MR) is 59.6 cm³/mol. The number of nitrogens with zero attached hydrogens (tertiary/aromatic N) is 1. The van der Waals surface area contributed by atoms with E-state index in [2.05, 4.69) is 31.0 Å². The Morgan fingerprint density at radius 2 is 1.93 bits per heavy atom. The van der Waals surface area contributed by atoms with Gasteiger partial charge in [0.25, 0.3) is 0 Å². The van der Waals surface area contributed by atoms with Crippen molar-refractivity contribution in [3.05, 3.63) is 0 Å². The number of hydrogen-bond acceptors (Lipinski definition) is 3. The topological polar surface area (TPSA) is 24.5 Å². The smallest absolute Gasteiger partial charge is 0.0624 e. The van der Waals surface area contributed by atoms with E-state index in [1.54, 1.807) is 0 Å². The van der Waals surface area contributed by atoms with Crippen LogP contribution in [0.15, 0.2) is 0 Å². The second kappa shape index (κ2) is 6.38. The predicted octanol–water partition coefficient (Wildman–Crippen LogP) is 0.953. The van der Waals surface area contributed by atoms with Crippen LogP contribution in [0, 0.1) is 5.92 Å². The van der Waals surface area contributed by atoms with Gasteiger partial charge in [0.2, 0.25) is 0 Å². The Bertz CT molecular complexity index is 144. The van der Waals surface area contributed by atoms with Gasteiger partial charge < -0.3 is 10.1 Å². The molecule has 0 saturated carbocycles. The van der Waals surface area contributed by atoms with E-state index in [9.17, 15) is 0 Å². The van der Waals surface area contributed by atoms with Crippen molar-refractivity contribution < 1.29 is 4.74 Å². The van der Waals surface area contributed by atoms with Crippen LogP contribution in [0.3, 0.4) is 0 Å². The van der Waals surface area contributed by atoms with Gasteiger partial charge in [-0.3, -0.25) is 4.90 Å². The van der Waals surface area contributed by atoms with Crippen LogP contribution < -0.4 is 5.32 Å². The third-order valence-corrected chi connectivity index (χ3v) is 2.88. The molecule has 1 rings (SSSR count). The summed E-state index contributed by atoms with van der Waals surface area (Å²) in [4.78, 5) is 2.55. The molecule has 0 aromatic heterocycles. The van der Waals surface area contributed by atoms with Crippen molar-refractivity contribution in [3.8, 4) is 0 Å². The maximum atomic E-state index is 5.55. The molecule has 1 saturated heterocycles. The maximum Gasteiger partial charge on any atom is 0.0624 e. The minimum Gasteiger partial charge on any atom is -0.380 e. The first kappa shape index (κ1) is 12.0. The second-order valence-corrected chi connectivity index (χ2v) is 4.26. The zero-order chi connectivity index (χ0) is 10.4. The van der Waals surface area contributed by atoms with Gasteiger partial charge >= 0.3 is 0 Å². The summed E-state index contributed by atoms with van der Waals surface area (Å²) in [5.74, 6) is 0.680. The van der Waals surface area contributed by atoms with Gasteiger partial charge in [-0.25, -0.2) is 0 Å². The van der Waals surface area contributed by atoms with Crippen LogP contribution in [0.2, 0.25) is 0 Å². The highest BCUT2D eigenvalue weighted by Gasteiger charge is 2.22. The van der Waals surface area contributed by atoms with E-state index in [-0.39, 0.29) is 0 Å². The molecule has 0 spiro atoms. The zero-order valence-electron chi connectivity index (χ0n) is 9.75. The number of rotatable bonds is 5. The lowest BCUT2D eigenvalue weighted by molar-refractivity contribution is 0.0382. The molecule has 1 aliphatic rings. The van der Waals surface area contributed by atoms with Crippen LogP contribution >= 0.6 is 0 Å². The summed E-state index contributed by atoms with van der Waals surface area (Å²) < 4.78 is 5.55. The van der Waals surface area contributed by atoms with Gasteiger partial charge in [0.05, 0.1) is 6.61 Å². The molecular formula is C11H24N2O. The first-order chi connectivity index (χ1) is 6.75. The minimum absolute atomic E-state index is 0.594. The van der Waals surface area contributed by atoms with Gasteiger partial charge in [-0.2, -0.15) is 0 Å². The standard InChI is InChI=1S/C11H24N2O/c1-4-14-9-11(10(2)3)13-7-5-12-6-8-13/h10-12H,4-9H2,1-3H3. The van der Waals surface area contributed by atoms with Crippen molar-refractivity contribution in [3.63, 3.8) is 0 Å². The summed E-state index contributed by atoms with van der Waals surface area (Å²) in [5.41, 5.74) is 0. The molecule has 1 N–H and O–H groups in total. The molecule has 3 heteroatoms. The number of piperazine rings is 1. The van der Waals surface area contributed by atoms with E-state index in [0.717, 1.165) is 39.4 Å². The molecule has 0 bridgehead atoms. The third kappa shape index (κ3) is 3.56. The molecule has 14 heavy (non-hydrogen) atoms. The summed E-state index contributed by atoms with van der Waals surface area (Å²) in [7, 11) is 0.